The maximum Gasteiger partial charge on any atom is 0.212 e. The minimum atomic E-state index is 0.279. The summed E-state index contributed by atoms with van der Waals surface area (Å²) in [5.41, 5.74) is 2.45. The lowest BCUT2D eigenvalue weighted by molar-refractivity contribution is 0.258. The molecule has 2 aromatic rings. The van der Waals surface area contributed by atoms with Gasteiger partial charge in [-0.1, -0.05) is 57.8 Å². The molecule has 0 radical (unpaired) electrons. The van der Waals surface area contributed by atoms with Crippen LogP contribution in [0, 0.1) is 5.41 Å². The van der Waals surface area contributed by atoms with E-state index in [2.05, 4.69) is 33.8 Å². The van der Waals surface area contributed by atoms with Gasteiger partial charge in [0.15, 0.2) is 0 Å². The van der Waals surface area contributed by atoms with Crippen molar-refractivity contribution < 1.29 is 4.74 Å². The van der Waals surface area contributed by atoms with Crippen LogP contribution in [0.3, 0.4) is 0 Å². The van der Waals surface area contributed by atoms with E-state index in [1.165, 1.54) is 0 Å². The second kappa shape index (κ2) is 7.87. The number of rotatable bonds is 7. The molecular weight excluding hydrogens is 308 g/mol. The first kappa shape index (κ1) is 17.9. The highest BCUT2D eigenvalue weighted by atomic mass is 35.5. The largest absolute Gasteiger partial charge is 0.473 e. The summed E-state index contributed by atoms with van der Waals surface area (Å²) in [6.07, 6.45) is 3.13. The predicted molar refractivity (Wildman–Crippen MR) is 96.1 cm³/mol. The summed E-state index contributed by atoms with van der Waals surface area (Å²) in [5.74, 6) is 0.845. The Balaban J connectivity index is 2.08. The van der Waals surface area contributed by atoms with Gasteiger partial charge >= 0.3 is 0 Å². The second-order valence-electron chi connectivity index (χ2n) is 7.18. The molecule has 0 aliphatic heterocycles. The molecule has 23 heavy (non-hydrogen) atoms. The molecule has 1 aromatic carbocycles. The molecular formula is C19H27ClN2O. The van der Waals surface area contributed by atoms with Crippen LogP contribution < -0.4 is 4.74 Å². The van der Waals surface area contributed by atoms with E-state index >= 15 is 0 Å². The number of hydrogen-bond donors (Lipinski definition) is 0. The van der Waals surface area contributed by atoms with Gasteiger partial charge in [-0.3, -0.25) is 0 Å². The molecule has 0 amide bonds. The van der Waals surface area contributed by atoms with Gasteiger partial charge in [-0.2, -0.15) is 5.10 Å². The zero-order chi connectivity index (χ0) is 16.9. The highest BCUT2D eigenvalue weighted by Gasteiger charge is 2.14. The van der Waals surface area contributed by atoms with E-state index in [-0.39, 0.29) is 5.41 Å². The second-order valence-corrected chi connectivity index (χ2v) is 7.61. The number of nitrogens with zero attached hydrogens (tertiary/aromatic N) is 2. The Morgan fingerprint density at radius 2 is 2.00 bits per heavy atom. The fourth-order valence-electron chi connectivity index (χ4n) is 2.33. The quantitative estimate of drug-likeness (QED) is 0.668. The van der Waals surface area contributed by atoms with Crippen LogP contribution in [0.25, 0.3) is 0 Å². The number of benzene rings is 1. The van der Waals surface area contributed by atoms with Crippen molar-refractivity contribution in [1.29, 1.82) is 0 Å². The van der Waals surface area contributed by atoms with Crippen molar-refractivity contribution in [2.45, 2.75) is 60.1 Å². The fourth-order valence-corrected chi connectivity index (χ4v) is 2.54. The maximum absolute atomic E-state index is 6.03. The van der Waals surface area contributed by atoms with Gasteiger partial charge < -0.3 is 4.74 Å². The van der Waals surface area contributed by atoms with Crippen LogP contribution in [0.5, 0.6) is 5.88 Å². The van der Waals surface area contributed by atoms with E-state index < -0.39 is 0 Å². The third-order valence-electron chi connectivity index (χ3n) is 3.65. The standard InChI is InChI=1S/C19H27ClN2O/c1-5-7-17-13-18(22(21-17)11-10-19(2,3)4)23-14-15-8-6-9-16(20)12-15/h6,8-9,12-13H,5,7,10-11,14H2,1-4H3. The van der Waals surface area contributed by atoms with E-state index in [4.69, 9.17) is 21.4 Å². The lowest BCUT2D eigenvalue weighted by Gasteiger charge is -2.18. The van der Waals surface area contributed by atoms with Crippen molar-refractivity contribution in [3.05, 3.63) is 46.6 Å². The highest BCUT2D eigenvalue weighted by molar-refractivity contribution is 6.30. The van der Waals surface area contributed by atoms with Crippen LogP contribution in [0.15, 0.2) is 30.3 Å². The Labute approximate surface area is 144 Å². The Kier molecular flexibility index (Phi) is 6.11. The molecule has 0 saturated heterocycles. The summed E-state index contributed by atoms with van der Waals surface area (Å²) >= 11 is 6.03. The first-order chi connectivity index (χ1) is 10.9. The molecule has 0 spiro atoms. The molecule has 126 valence electrons. The predicted octanol–water partition coefficient (Wildman–Crippen LogP) is 5.50. The first-order valence-electron chi connectivity index (χ1n) is 8.31. The summed E-state index contributed by atoms with van der Waals surface area (Å²) in [5, 5.41) is 5.43. The van der Waals surface area contributed by atoms with Gasteiger partial charge in [0, 0.05) is 17.6 Å². The zero-order valence-electron chi connectivity index (χ0n) is 14.6. The van der Waals surface area contributed by atoms with Gasteiger partial charge in [-0.15, -0.1) is 0 Å². The lowest BCUT2D eigenvalue weighted by atomic mass is 9.92. The smallest absolute Gasteiger partial charge is 0.212 e. The maximum atomic E-state index is 6.03. The molecule has 0 aliphatic rings. The van der Waals surface area contributed by atoms with E-state index in [0.717, 1.165) is 48.0 Å². The minimum absolute atomic E-state index is 0.279. The van der Waals surface area contributed by atoms with E-state index in [0.29, 0.717) is 6.61 Å². The van der Waals surface area contributed by atoms with Gasteiger partial charge in [0.1, 0.15) is 6.61 Å². The summed E-state index contributed by atoms with van der Waals surface area (Å²) in [7, 11) is 0. The lowest BCUT2D eigenvalue weighted by Crippen LogP contribution is -2.13. The molecule has 0 unspecified atom stereocenters. The minimum Gasteiger partial charge on any atom is -0.473 e. The van der Waals surface area contributed by atoms with Crippen molar-refractivity contribution >= 4 is 11.6 Å². The van der Waals surface area contributed by atoms with Crippen molar-refractivity contribution in [2.24, 2.45) is 5.41 Å². The molecule has 0 N–H and O–H groups in total. The van der Waals surface area contributed by atoms with Crippen LogP contribution in [-0.4, -0.2) is 9.78 Å². The molecule has 2 rings (SSSR count). The van der Waals surface area contributed by atoms with Crippen molar-refractivity contribution in [1.82, 2.24) is 9.78 Å². The third-order valence-corrected chi connectivity index (χ3v) is 3.88. The van der Waals surface area contributed by atoms with Crippen LogP contribution in [0.2, 0.25) is 5.02 Å². The van der Waals surface area contributed by atoms with Crippen molar-refractivity contribution in [2.75, 3.05) is 0 Å². The molecule has 0 aliphatic carbocycles. The summed E-state index contributed by atoms with van der Waals surface area (Å²) in [6, 6.07) is 9.84. The summed E-state index contributed by atoms with van der Waals surface area (Å²) < 4.78 is 8.01. The number of ether oxygens (including phenoxy) is 1. The van der Waals surface area contributed by atoms with Gasteiger partial charge in [0.05, 0.1) is 5.69 Å². The Morgan fingerprint density at radius 3 is 2.65 bits per heavy atom. The van der Waals surface area contributed by atoms with Crippen molar-refractivity contribution in [3.63, 3.8) is 0 Å². The number of aromatic nitrogens is 2. The van der Waals surface area contributed by atoms with Gasteiger partial charge in [-0.05, 0) is 36.0 Å². The van der Waals surface area contributed by atoms with Crippen LogP contribution in [0.1, 0.15) is 51.8 Å². The molecule has 1 heterocycles. The molecule has 0 bridgehead atoms. The molecule has 1 aromatic heterocycles. The fraction of sp³-hybridized carbons (Fsp3) is 0.526. The normalized spacial score (nSPS) is 11.7. The van der Waals surface area contributed by atoms with Gasteiger partial charge in [-0.25, -0.2) is 4.68 Å². The molecule has 0 saturated carbocycles. The number of aryl methyl sites for hydroxylation is 2. The van der Waals surface area contributed by atoms with Crippen LogP contribution in [0.4, 0.5) is 0 Å². The molecule has 4 heteroatoms. The Morgan fingerprint density at radius 1 is 1.22 bits per heavy atom. The average molecular weight is 335 g/mol. The topological polar surface area (TPSA) is 27.1 Å². The monoisotopic (exact) mass is 334 g/mol. The Bertz CT molecular complexity index is 629. The van der Waals surface area contributed by atoms with Crippen LogP contribution in [-0.2, 0) is 19.6 Å². The third kappa shape index (κ3) is 5.91. The van der Waals surface area contributed by atoms with Gasteiger partial charge in [0.25, 0.3) is 0 Å². The average Bonchev–Trinajstić information content (AvgIpc) is 2.85. The molecule has 3 nitrogen and oxygen atoms in total. The van der Waals surface area contributed by atoms with Crippen molar-refractivity contribution in [3.8, 4) is 5.88 Å². The first-order valence-corrected chi connectivity index (χ1v) is 8.69. The van der Waals surface area contributed by atoms with Gasteiger partial charge in [0.2, 0.25) is 5.88 Å². The SMILES string of the molecule is CCCc1cc(OCc2cccc(Cl)c2)n(CCC(C)(C)C)n1. The number of hydrogen-bond acceptors (Lipinski definition) is 2. The van der Waals surface area contributed by atoms with E-state index in [1.54, 1.807) is 0 Å². The molecule has 0 atom stereocenters. The summed E-state index contributed by atoms with van der Waals surface area (Å²) in [4.78, 5) is 0. The van der Waals surface area contributed by atoms with E-state index in [9.17, 15) is 0 Å². The Hall–Kier alpha value is -1.48. The van der Waals surface area contributed by atoms with Crippen LogP contribution >= 0.6 is 11.6 Å². The molecule has 0 fully saturated rings. The zero-order valence-corrected chi connectivity index (χ0v) is 15.4. The van der Waals surface area contributed by atoms with E-state index in [1.807, 2.05) is 28.9 Å². The summed E-state index contributed by atoms with van der Waals surface area (Å²) in [6.45, 7) is 10.3. The highest BCUT2D eigenvalue weighted by Crippen LogP contribution is 2.23. The number of halogens is 1.